The van der Waals surface area contributed by atoms with Crippen LogP contribution in [-0.2, 0) is 9.59 Å². The molecule has 0 saturated heterocycles. The minimum atomic E-state index is -0.375. The van der Waals surface area contributed by atoms with Crippen LogP contribution in [0.25, 0.3) is 0 Å². The van der Waals surface area contributed by atoms with Crippen molar-refractivity contribution in [3.63, 3.8) is 0 Å². The maximum Gasteiger partial charge on any atom is 0.248 e. The number of pyridine rings is 1. The number of hydrogen-bond donors (Lipinski definition) is 2. The Morgan fingerprint density at radius 3 is 2.79 bits per heavy atom. The monoisotopic (exact) mass is 397 g/mol. The number of hydrogen-bond acceptors (Lipinski definition) is 4. The molecule has 1 aliphatic carbocycles. The van der Waals surface area contributed by atoms with Crippen LogP contribution in [0.15, 0.2) is 46.5 Å². The van der Waals surface area contributed by atoms with Crippen molar-refractivity contribution < 1.29 is 16.8 Å². The number of amides is 2. The second-order valence-electron chi connectivity index (χ2n) is 7.30. The van der Waals surface area contributed by atoms with Crippen LogP contribution in [0.5, 0.6) is 0 Å². The number of halogens is 1. The molecular weight excluding hydrogens is 371 g/mol. The molecule has 2 N–H and O–H groups in total. The SMILES string of the molecule is CC1=C(CC(=O)N[C@@H](C)c2cnc(C#N)cc2C)C(=O)NC2[CH]C=C(F)C(C)=C12.[HH].[HH]. The summed E-state index contributed by atoms with van der Waals surface area (Å²) in [5.74, 6) is -0.985. The topological polar surface area (TPSA) is 94.9 Å². The normalized spacial score (nSPS) is 19.8. The van der Waals surface area contributed by atoms with Gasteiger partial charge in [0.05, 0.1) is 18.5 Å². The summed E-state index contributed by atoms with van der Waals surface area (Å²) < 4.78 is 14.0. The van der Waals surface area contributed by atoms with E-state index < -0.39 is 0 Å². The van der Waals surface area contributed by atoms with Gasteiger partial charge in [-0.05, 0) is 67.7 Å². The number of aryl methyl sites for hydroxylation is 1. The number of nitrogens with zero attached hydrogens (tertiary/aromatic N) is 2. The molecule has 2 heterocycles. The Morgan fingerprint density at radius 1 is 1.41 bits per heavy atom. The first-order valence-corrected chi connectivity index (χ1v) is 9.31. The highest BCUT2D eigenvalue weighted by Crippen LogP contribution is 2.35. The van der Waals surface area contributed by atoms with Crippen LogP contribution in [0.4, 0.5) is 4.39 Å². The van der Waals surface area contributed by atoms with Crippen LogP contribution in [-0.4, -0.2) is 22.8 Å². The van der Waals surface area contributed by atoms with Gasteiger partial charge < -0.3 is 10.6 Å². The first kappa shape index (κ1) is 20.5. The van der Waals surface area contributed by atoms with Gasteiger partial charge in [-0.3, -0.25) is 9.59 Å². The van der Waals surface area contributed by atoms with Crippen LogP contribution in [0.3, 0.4) is 0 Å². The van der Waals surface area contributed by atoms with E-state index in [9.17, 15) is 14.0 Å². The highest BCUT2D eigenvalue weighted by molar-refractivity contribution is 6.02. The van der Waals surface area contributed by atoms with E-state index in [1.54, 1.807) is 32.5 Å². The zero-order valence-electron chi connectivity index (χ0n) is 16.8. The van der Waals surface area contributed by atoms with Crippen molar-refractivity contribution >= 4 is 11.8 Å². The minimum Gasteiger partial charge on any atom is -0.349 e. The maximum atomic E-state index is 14.0. The Kier molecular flexibility index (Phi) is 5.64. The summed E-state index contributed by atoms with van der Waals surface area (Å²) in [4.78, 5) is 29.2. The first-order valence-electron chi connectivity index (χ1n) is 9.31. The molecule has 0 bridgehead atoms. The quantitative estimate of drug-likeness (QED) is 0.813. The van der Waals surface area contributed by atoms with E-state index in [-0.39, 0.29) is 39.0 Å². The summed E-state index contributed by atoms with van der Waals surface area (Å²) >= 11 is 0. The van der Waals surface area contributed by atoms with Gasteiger partial charge in [-0.25, -0.2) is 9.37 Å². The van der Waals surface area contributed by atoms with E-state index in [0.717, 1.165) is 11.1 Å². The Balaban J connectivity index is 0.00000240. The van der Waals surface area contributed by atoms with E-state index in [4.69, 9.17) is 5.26 Å². The number of fused-ring (bicyclic) bond motifs is 1. The molecule has 153 valence electrons. The van der Waals surface area contributed by atoms with E-state index in [1.165, 1.54) is 6.08 Å². The summed E-state index contributed by atoms with van der Waals surface area (Å²) in [6, 6.07) is 2.93. The van der Waals surface area contributed by atoms with Crippen molar-refractivity contribution in [3.05, 3.63) is 69.7 Å². The van der Waals surface area contributed by atoms with Crippen LogP contribution in [0.2, 0.25) is 0 Å². The molecule has 1 aromatic rings. The van der Waals surface area contributed by atoms with E-state index in [0.29, 0.717) is 28.0 Å². The van der Waals surface area contributed by atoms with Crippen molar-refractivity contribution in [2.24, 2.45) is 0 Å². The van der Waals surface area contributed by atoms with Crippen molar-refractivity contribution in [2.45, 2.75) is 46.2 Å². The molecule has 1 aliphatic heterocycles. The average molecular weight is 397 g/mol. The lowest BCUT2D eigenvalue weighted by Gasteiger charge is -2.32. The molecule has 0 saturated carbocycles. The van der Waals surface area contributed by atoms with E-state index in [1.807, 2.05) is 19.9 Å². The number of aromatic nitrogens is 1. The molecule has 7 heteroatoms. The van der Waals surface area contributed by atoms with Gasteiger partial charge in [-0.15, -0.1) is 0 Å². The lowest BCUT2D eigenvalue weighted by atomic mass is 9.82. The van der Waals surface area contributed by atoms with E-state index >= 15 is 0 Å². The second-order valence-corrected chi connectivity index (χ2v) is 7.30. The highest BCUT2D eigenvalue weighted by atomic mass is 19.1. The second kappa shape index (κ2) is 8.00. The van der Waals surface area contributed by atoms with Gasteiger partial charge in [0.15, 0.2) is 0 Å². The molecule has 6 nitrogen and oxygen atoms in total. The maximum absolute atomic E-state index is 14.0. The Morgan fingerprint density at radius 2 is 2.14 bits per heavy atom. The smallest absolute Gasteiger partial charge is 0.248 e. The lowest BCUT2D eigenvalue weighted by molar-refractivity contribution is -0.124. The predicted molar refractivity (Wildman–Crippen MR) is 110 cm³/mol. The number of allylic oxidation sites excluding steroid dienone is 2. The van der Waals surface area contributed by atoms with Crippen LogP contribution < -0.4 is 10.6 Å². The van der Waals surface area contributed by atoms with Gasteiger partial charge in [0.25, 0.3) is 0 Å². The standard InChI is InChI=1S/C22H22FN4O2.2H2/c1-11-7-15(9-24)25-10-17(11)14(4)26-20(28)8-16-12(2)21-13(3)18(23)5-6-19(21)27-22(16)29;;/h5-7,10,14,19H,8H2,1-4H3,(H,26,28)(H,27,29);2*1H/t14-,19?;;/m0../s1. The number of nitrogens with one attached hydrogen (secondary N) is 2. The summed E-state index contributed by atoms with van der Waals surface area (Å²) in [7, 11) is 0. The molecule has 0 spiro atoms. The zero-order valence-corrected chi connectivity index (χ0v) is 16.8. The number of nitriles is 1. The Labute approximate surface area is 172 Å². The van der Waals surface area contributed by atoms with Gasteiger partial charge in [0.2, 0.25) is 11.8 Å². The van der Waals surface area contributed by atoms with Crippen molar-refractivity contribution in [1.29, 1.82) is 5.26 Å². The Hall–Kier alpha value is -3.27. The van der Waals surface area contributed by atoms with Crippen LogP contribution in [0, 0.1) is 24.7 Å². The molecule has 3 rings (SSSR count). The fraction of sp³-hybridized carbons (Fsp3) is 0.318. The van der Waals surface area contributed by atoms with Gasteiger partial charge >= 0.3 is 0 Å². The minimum absolute atomic E-state index is 0. The van der Waals surface area contributed by atoms with Crippen molar-refractivity contribution in [1.82, 2.24) is 15.6 Å². The predicted octanol–water partition coefficient (Wildman–Crippen LogP) is 3.52. The molecule has 1 radical (unpaired) electrons. The number of carbonyl (C=O) groups excluding carboxylic acids is 2. The molecule has 0 fully saturated rings. The van der Waals surface area contributed by atoms with Crippen molar-refractivity contribution in [2.75, 3.05) is 0 Å². The molecule has 0 aromatic carbocycles. The summed E-state index contributed by atoms with van der Waals surface area (Å²) in [5, 5.41) is 14.6. The van der Waals surface area contributed by atoms with Gasteiger partial charge in [-0.2, -0.15) is 5.26 Å². The number of carbonyl (C=O) groups is 2. The zero-order chi connectivity index (χ0) is 21.3. The highest BCUT2D eigenvalue weighted by Gasteiger charge is 2.33. The fourth-order valence-electron chi connectivity index (χ4n) is 3.78. The molecule has 2 amide bonds. The summed E-state index contributed by atoms with van der Waals surface area (Å²) in [5.41, 5.74) is 4.09. The van der Waals surface area contributed by atoms with Crippen LogP contribution in [0.1, 0.15) is 52.9 Å². The lowest BCUT2D eigenvalue weighted by Crippen LogP contribution is -2.44. The summed E-state index contributed by atoms with van der Waals surface area (Å²) in [6.07, 6.45) is 4.42. The summed E-state index contributed by atoms with van der Waals surface area (Å²) in [6.45, 7) is 7.08. The third kappa shape index (κ3) is 3.97. The van der Waals surface area contributed by atoms with Crippen molar-refractivity contribution in [3.8, 4) is 6.07 Å². The third-order valence-corrected chi connectivity index (χ3v) is 5.37. The molecule has 1 unspecified atom stereocenters. The molecule has 29 heavy (non-hydrogen) atoms. The average Bonchev–Trinajstić information content (AvgIpc) is 2.67. The van der Waals surface area contributed by atoms with Gasteiger partial charge in [-0.1, -0.05) is 0 Å². The van der Waals surface area contributed by atoms with Gasteiger partial charge in [0.1, 0.15) is 17.6 Å². The van der Waals surface area contributed by atoms with E-state index in [2.05, 4.69) is 15.6 Å². The largest absolute Gasteiger partial charge is 0.349 e. The fourth-order valence-corrected chi connectivity index (χ4v) is 3.78. The molecule has 1 aromatic heterocycles. The Bertz CT molecular complexity index is 1040. The van der Waals surface area contributed by atoms with Crippen LogP contribution >= 0.6 is 0 Å². The molecule has 2 aliphatic rings. The molecule has 2 atom stereocenters. The van der Waals surface area contributed by atoms with Gasteiger partial charge in [0, 0.05) is 21.0 Å². The first-order chi connectivity index (χ1) is 13.7. The number of rotatable bonds is 4. The molecular formula is C22H26FN4O2. The third-order valence-electron chi connectivity index (χ3n) is 5.37.